The number of nitrogens with zero attached hydrogens (tertiary/aromatic N) is 4. The molecular weight excluding hydrogens is 328 g/mol. The zero-order chi connectivity index (χ0) is 17.9. The number of hydrogen-bond donors (Lipinski definition) is 0. The maximum Gasteiger partial charge on any atom is 0.187 e. The van der Waals surface area contributed by atoms with Crippen molar-refractivity contribution in [1.82, 2.24) is 19.4 Å². The molecule has 6 heteroatoms. The highest BCUT2D eigenvalue weighted by Gasteiger charge is 2.19. The first-order valence-electron chi connectivity index (χ1n) is 9.13. The Morgan fingerprint density at radius 3 is 2.85 bits per heavy atom. The van der Waals surface area contributed by atoms with Gasteiger partial charge in [0, 0.05) is 37.2 Å². The van der Waals surface area contributed by atoms with Crippen LogP contribution < -0.4 is 0 Å². The van der Waals surface area contributed by atoms with Crippen LogP contribution in [0.2, 0.25) is 0 Å². The van der Waals surface area contributed by atoms with Crippen LogP contribution in [0.5, 0.6) is 0 Å². The number of hydrogen-bond acceptors (Lipinski definition) is 5. The summed E-state index contributed by atoms with van der Waals surface area (Å²) in [5.74, 6) is 0.423. The SMILES string of the molecule is CCc1cccc(C(=O)Cc2cn3cc(C4CCOCC4)nc3cn2)n1. The minimum Gasteiger partial charge on any atom is -0.381 e. The molecule has 3 aromatic heterocycles. The number of carbonyl (C=O) groups excluding carboxylic acids is 1. The predicted molar refractivity (Wildman–Crippen MR) is 97.4 cm³/mol. The van der Waals surface area contributed by atoms with Gasteiger partial charge in [0.15, 0.2) is 11.4 Å². The lowest BCUT2D eigenvalue weighted by Crippen LogP contribution is -2.14. The second-order valence-corrected chi connectivity index (χ2v) is 6.66. The molecule has 1 saturated heterocycles. The van der Waals surface area contributed by atoms with Gasteiger partial charge in [-0.25, -0.2) is 9.97 Å². The molecule has 0 saturated carbocycles. The van der Waals surface area contributed by atoms with Crippen LogP contribution in [0.15, 0.2) is 36.8 Å². The lowest BCUT2D eigenvalue weighted by Gasteiger charge is -2.19. The van der Waals surface area contributed by atoms with Gasteiger partial charge in [-0.15, -0.1) is 0 Å². The molecule has 0 aromatic carbocycles. The van der Waals surface area contributed by atoms with Gasteiger partial charge in [0.25, 0.3) is 0 Å². The van der Waals surface area contributed by atoms with Crippen molar-refractivity contribution in [3.05, 3.63) is 59.6 Å². The van der Waals surface area contributed by atoms with Gasteiger partial charge in [-0.2, -0.15) is 0 Å². The molecule has 1 fully saturated rings. The van der Waals surface area contributed by atoms with Gasteiger partial charge in [0.2, 0.25) is 0 Å². The summed E-state index contributed by atoms with van der Waals surface area (Å²) in [5.41, 5.74) is 4.04. The van der Waals surface area contributed by atoms with Crippen LogP contribution in [0, 0.1) is 0 Å². The number of ketones is 1. The van der Waals surface area contributed by atoms with Crippen molar-refractivity contribution in [1.29, 1.82) is 0 Å². The number of carbonyl (C=O) groups is 1. The van der Waals surface area contributed by atoms with Crippen molar-refractivity contribution in [3.8, 4) is 0 Å². The number of fused-ring (bicyclic) bond motifs is 1. The van der Waals surface area contributed by atoms with Crippen molar-refractivity contribution in [2.24, 2.45) is 0 Å². The third-order valence-corrected chi connectivity index (χ3v) is 4.85. The number of ether oxygens (including phenoxy) is 1. The molecule has 1 aliphatic rings. The van der Waals surface area contributed by atoms with E-state index in [4.69, 9.17) is 4.74 Å². The smallest absolute Gasteiger partial charge is 0.187 e. The van der Waals surface area contributed by atoms with Gasteiger partial charge in [0.05, 0.1) is 24.0 Å². The minimum absolute atomic E-state index is 0.0167. The Hall–Kier alpha value is -2.60. The minimum atomic E-state index is -0.0167. The number of Topliss-reactive ketones (excluding diaryl/α,β-unsaturated/α-hetero) is 1. The van der Waals surface area contributed by atoms with Crippen LogP contribution in [-0.2, 0) is 17.6 Å². The standard InChI is InChI=1S/C20H22N4O2/c1-2-15-4-3-5-17(22-15)19(25)10-16-12-24-13-18(23-20(24)11-21-16)14-6-8-26-9-7-14/h3-5,11-14H,2,6-10H2,1H3. The number of pyridine rings is 1. The fourth-order valence-corrected chi connectivity index (χ4v) is 3.33. The number of imidazole rings is 1. The monoisotopic (exact) mass is 350 g/mol. The summed E-state index contributed by atoms with van der Waals surface area (Å²) < 4.78 is 7.39. The second-order valence-electron chi connectivity index (χ2n) is 6.66. The Labute approximate surface area is 152 Å². The van der Waals surface area contributed by atoms with Crippen LogP contribution in [0.25, 0.3) is 5.65 Å². The Kier molecular flexibility index (Phi) is 4.75. The zero-order valence-corrected chi connectivity index (χ0v) is 14.9. The normalized spacial score (nSPS) is 15.4. The molecule has 0 N–H and O–H groups in total. The highest BCUT2D eigenvalue weighted by atomic mass is 16.5. The van der Waals surface area contributed by atoms with Crippen LogP contribution >= 0.6 is 0 Å². The molecule has 0 radical (unpaired) electrons. The molecule has 4 heterocycles. The third-order valence-electron chi connectivity index (χ3n) is 4.85. The fraction of sp³-hybridized carbons (Fsp3) is 0.400. The maximum absolute atomic E-state index is 12.5. The first-order chi connectivity index (χ1) is 12.7. The second kappa shape index (κ2) is 7.33. The van der Waals surface area contributed by atoms with Crippen LogP contribution in [0.4, 0.5) is 0 Å². The van der Waals surface area contributed by atoms with Crippen LogP contribution in [0.1, 0.15) is 53.3 Å². The van der Waals surface area contributed by atoms with Gasteiger partial charge in [-0.3, -0.25) is 9.78 Å². The summed E-state index contributed by atoms with van der Waals surface area (Å²) >= 11 is 0. The summed E-state index contributed by atoms with van der Waals surface area (Å²) in [6, 6.07) is 5.58. The lowest BCUT2D eigenvalue weighted by molar-refractivity contribution is 0.0846. The molecule has 3 aromatic rings. The number of aryl methyl sites for hydroxylation is 1. The first kappa shape index (κ1) is 16.8. The maximum atomic E-state index is 12.5. The summed E-state index contributed by atoms with van der Waals surface area (Å²) in [4.78, 5) is 26.0. The molecule has 0 atom stereocenters. The molecule has 0 bridgehead atoms. The molecule has 4 rings (SSSR count). The summed E-state index contributed by atoms with van der Waals surface area (Å²) in [7, 11) is 0. The van der Waals surface area contributed by atoms with E-state index in [0.717, 1.165) is 55.2 Å². The molecule has 1 aliphatic heterocycles. The fourth-order valence-electron chi connectivity index (χ4n) is 3.33. The quantitative estimate of drug-likeness (QED) is 0.662. The molecule has 0 unspecified atom stereocenters. The molecule has 0 spiro atoms. The zero-order valence-electron chi connectivity index (χ0n) is 14.9. The van der Waals surface area contributed by atoms with E-state index in [1.807, 2.05) is 29.7 Å². The van der Waals surface area contributed by atoms with E-state index >= 15 is 0 Å². The Balaban J connectivity index is 1.54. The topological polar surface area (TPSA) is 69.4 Å². The third kappa shape index (κ3) is 3.51. The van der Waals surface area contributed by atoms with E-state index < -0.39 is 0 Å². The van der Waals surface area contributed by atoms with Crippen molar-refractivity contribution >= 4 is 11.4 Å². The van der Waals surface area contributed by atoms with E-state index in [-0.39, 0.29) is 12.2 Å². The summed E-state index contributed by atoms with van der Waals surface area (Å²) in [6.07, 6.45) is 8.74. The summed E-state index contributed by atoms with van der Waals surface area (Å²) in [5, 5.41) is 0. The Morgan fingerprint density at radius 2 is 2.04 bits per heavy atom. The van der Waals surface area contributed by atoms with E-state index in [0.29, 0.717) is 11.6 Å². The van der Waals surface area contributed by atoms with Crippen molar-refractivity contribution in [2.45, 2.75) is 38.5 Å². The number of rotatable bonds is 5. The van der Waals surface area contributed by atoms with Gasteiger partial charge in [-0.1, -0.05) is 13.0 Å². The van der Waals surface area contributed by atoms with Crippen LogP contribution in [0.3, 0.4) is 0 Å². The highest BCUT2D eigenvalue weighted by molar-refractivity contribution is 5.95. The molecular formula is C20H22N4O2. The summed E-state index contributed by atoms with van der Waals surface area (Å²) in [6.45, 7) is 3.61. The number of aromatic nitrogens is 4. The average molecular weight is 350 g/mol. The predicted octanol–water partition coefficient (Wildman–Crippen LogP) is 3.01. The molecule has 26 heavy (non-hydrogen) atoms. The first-order valence-corrected chi connectivity index (χ1v) is 9.13. The van der Waals surface area contributed by atoms with E-state index in [1.165, 1.54) is 0 Å². The van der Waals surface area contributed by atoms with Crippen molar-refractivity contribution in [3.63, 3.8) is 0 Å². The van der Waals surface area contributed by atoms with E-state index in [2.05, 4.69) is 21.1 Å². The molecule has 0 aliphatic carbocycles. The molecule has 6 nitrogen and oxygen atoms in total. The lowest BCUT2D eigenvalue weighted by atomic mass is 9.97. The Bertz CT molecular complexity index is 928. The molecule has 0 amide bonds. The van der Waals surface area contributed by atoms with Gasteiger partial charge in [0.1, 0.15) is 5.69 Å². The van der Waals surface area contributed by atoms with Crippen LogP contribution in [-0.4, -0.2) is 38.3 Å². The molecule has 134 valence electrons. The van der Waals surface area contributed by atoms with Gasteiger partial charge >= 0.3 is 0 Å². The van der Waals surface area contributed by atoms with Gasteiger partial charge < -0.3 is 9.14 Å². The van der Waals surface area contributed by atoms with Crippen molar-refractivity contribution in [2.75, 3.05) is 13.2 Å². The van der Waals surface area contributed by atoms with Gasteiger partial charge in [-0.05, 0) is 31.4 Å². The Morgan fingerprint density at radius 1 is 1.19 bits per heavy atom. The van der Waals surface area contributed by atoms with E-state index in [1.54, 1.807) is 12.3 Å². The highest BCUT2D eigenvalue weighted by Crippen LogP contribution is 2.26. The van der Waals surface area contributed by atoms with E-state index in [9.17, 15) is 4.79 Å². The largest absolute Gasteiger partial charge is 0.381 e. The van der Waals surface area contributed by atoms with Crippen molar-refractivity contribution < 1.29 is 9.53 Å². The average Bonchev–Trinajstić information content (AvgIpc) is 3.12.